The van der Waals surface area contributed by atoms with Crippen LogP contribution < -0.4 is 5.32 Å². The number of nitrogens with one attached hydrogen (secondary N) is 1. The Labute approximate surface area is 121 Å². The van der Waals surface area contributed by atoms with Crippen molar-refractivity contribution in [1.29, 1.82) is 0 Å². The highest BCUT2D eigenvalue weighted by Crippen LogP contribution is 2.10. The molecule has 0 aromatic carbocycles. The van der Waals surface area contributed by atoms with Gasteiger partial charge in [-0.15, -0.1) is 0 Å². The van der Waals surface area contributed by atoms with Crippen LogP contribution in [0.15, 0.2) is 24.4 Å². The van der Waals surface area contributed by atoms with E-state index in [1.54, 1.807) is 0 Å². The maximum Gasteiger partial charge on any atom is 0.0642 e. The average Bonchev–Trinajstić information content (AvgIpc) is 2.96. The maximum absolute atomic E-state index is 4.51. The molecule has 0 amide bonds. The first kappa shape index (κ1) is 14.9. The fourth-order valence-corrected chi connectivity index (χ4v) is 2.43. The average molecular weight is 274 g/mol. The van der Waals surface area contributed by atoms with Crippen molar-refractivity contribution in [2.45, 2.75) is 47.3 Å². The Hall–Kier alpha value is -1.55. The molecule has 0 aliphatic rings. The monoisotopic (exact) mass is 274 g/mol. The molecule has 4 heteroatoms. The molecule has 0 aliphatic heterocycles. The van der Waals surface area contributed by atoms with Crippen LogP contribution in [0.4, 0.5) is 0 Å². The minimum Gasteiger partial charge on any atom is -0.344 e. The summed E-state index contributed by atoms with van der Waals surface area (Å²) in [6.45, 7) is 12.4. The molecule has 2 aromatic rings. The Balaban J connectivity index is 2.04. The van der Waals surface area contributed by atoms with Gasteiger partial charge >= 0.3 is 0 Å². The second-order valence-corrected chi connectivity index (χ2v) is 5.74. The van der Waals surface area contributed by atoms with Gasteiger partial charge in [-0.3, -0.25) is 4.68 Å². The minimum absolute atomic E-state index is 0.683. The van der Waals surface area contributed by atoms with Crippen molar-refractivity contribution >= 4 is 0 Å². The second-order valence-electron chi connectivity index (χ2n) is 5.74. The molecule has 0 fully saturated rings. The van der Waals surface area contributed by atoms with Gasteiger partial charge in [0.15, 0.2) is 0 Å². The largest absolute Gasteiger partial charge is 0.344 e. The third-order valence-electron chi connectivity index (χ3n) is 3.40. The van der Waals surface area contributed by atoms with E-state index in [1.807, 2.05) is 0 Å². The fraction of sp³-hybridized carbons (Fsp3) is 0.562. The summed E-state index contributed by atoms with van der Waals surface area (Å²) < 4.78 is 4.39. The first-order chi connectivity index (χ1) is 9.60. The van der Waals surface area contributed by atoms with E-state index in [4.69, 9.17) is 0 Å². The van der Waals surface area contributed by atoms with Crippen molar-refractivity contribution < 1.29 is 0 Å². The zero-order valence-corrected chi connectivity index (χ0v) is 13.1. The summed E-state index contributed by atoms with van der Waals surface area (Å²) in [5.41, 5.74) is 3.69. The van der Waals surface area contributed by atoms with Gasteiger partial charge in [0, 0.05) is 25.0 Å². The molecule has 0 radical (unpaired) electrons. The van der Waals surface area contributed by atoms with E-state index in [9.17, 15) is 0 Å². The van der Waals surface area contributed by atoms with Gasteiger partial charge in [0.1, 0.15) is 0 Å². The molecule has 2 heterocycles. The highest BCUT2D eigenvalue weighted by molar-refractivity contribution is 5.14. The molecule has 0 spiro atoms. The summed E-state index contributed by atoms with van der Waals surface area (Å²) in [5, 5.41) is 8.02. The van der Waals surface area contributed by atoms with Crippen molar-refractivity contribution in [3.63, 3.8) is 0 Å². The van der Waals surface area contributed by atoms with Gasteiger partial charge in [0.05, 0.1) is 17.9 Å². The molecule has 20 heavy (non-hydrogen) atoms. The summed E-state index contributed by atoms with van der Waals surface area (Å²) >= 11 is 0. The van der Waals surface area contributed by atoms with Crippen molar-refractivity contribution in [2.24, 2.45) is 5.92 Å². The van der Waals surface area contributed by atoms with Gasteiger partial charge in [0.2, 0.25) is 0 Å². The Bertz CT molecular complexity index is 536. The highest BCUT2D eigenvalue weighted by atomic mass is 15.3. The van der Waals surface area contributed by atoms with Crippen molar-refractivity contribution in [3.05, 3.63) is 41.5 Å². The van der Waals surface area contributed by atoms with Crippen LogP contribution in [-0.2, 0) is 19.6 Å². The molecule has 1 N–H and O–H groups in total. The van der Waals surface area contributed by atoms with Gasteiger partial charge in [0.25, 0.3) is 0 Å². The molecule has 110 valence electrons. The molecule has 0 atom stereocenters. The third kappa shape index (κ3) is 3.73. The van der Waals surface area contributed by atoms with E-state index in [0.717, 1.165) is 31.9 Å². The predicted octanol–water partition coefficient (Wildman–Crippen LogP) is 2.81. The smallest absolute Gasteiger partial charge is 0.0642 e. The number of nitrogens with zero attached hydrogens (tertiary/aromatic N) is 3. The van der Waals surface area contributed by atoms with Crippen LogP contribution in [0.5, 0.6) is 0 Å². The number of hydrogen-bond donors (Lipinski definition) is 1. The van der Waals surface area contributed by atoms with E-state index in [0.29, 0.717) is 5.92 Å². The molecule has 0 saturated heterocycles. The van der Waals surface area contributed by atoms with E-state index in [-0.39, 0.29) is 0 Å². The fourth-order valence-electron chi connectivity index (χ4n) is 2.43. The first-order valence-corrected chi connectivity index (χ1v) is 7.48. The Kier molecular flexibility index (Phi) is 5.01. The van der Waals surface area contributed by atoms with Crippen LogP contribution in [0.2, 0.25) is 0 Å². The topological polar surface area (TPSA) is 34.8 Å². The maximum atomic E-state index is 4.51. The predicted molar refractivity (Wildman–Crippen MR) is 82.7 cm³/mol. The van der Waals surface area contributed by atoms with Crippen LogP contribution in [0.3, 0.4) is 0 Å². The Morgan fingerprint density at radius 2 is 2.10 bits per heavy atom. The number of rotatable bonds is 7. The summed E-state index contributed by atoms with van der Waals surface area (Å²) in [7, 11) is 0. The van der Waals surface area contributed by atoms with E-state index < -0.39 is 0 Å². The molecule has 4 nitrogen and oxygen atoms in total. The van der Waals surface area contributed by atoms with Crippen LogP contribution in [-0.4, -0.2) is 20.9 Å². The molecular formula is C16H26N4. The Morgan fingerprint density at radius 3 is 2.80 bits per heavy atom. The lowest BCUT2D eigenvalue weighted by Crippen LogP contribution is -2.21. The summed E-state index contributed by atoms with van der Waals surface area (Å²) in [4.78, 5) is 0. The van der Waals surface area contributed by atoms with Gasteiger partial charge in [-0.2, -0.15) is 5.10 Å². The quantitative estimate of drug-likeness (QED) is 0.842. The lowest BCUT2D eigenvalue weighted by Gasteiger charge is -2.12. The van der Waals surface area contributed by atoms with Crippen LogP contribution >= 0.6 is 0 Å². The zero-order valence-electron chi connectivity index (χ0n) is 13.1. The van der Waals surface area contributed by atoms with E-state index in [2.05, 4.69) is 71.8 Å². The molecule has 0 aliphatic carbocycles. The summed E-state index contributed by atoms with van der Waals surface area (Å²) in [6, 6.07) is 6.48. The summed E-state index contributed by atoms with van der Waals surface area (Å²) in [6.07, 6.45) is 2.15. The molecule has 0 bridgehead atoms. The Morgan fingerprint density at radius 1 is 1.30 bits per heavy atom. The minimum atomic E-state index is 0.683. The molecule has 2 aromatic heterocycles. The number of aryl methyl sites for hydroxylation is 2. The summed E-state index contributed by atoms with van der Waals surface area (Å²) in [5.74, 6) is 0.683. The molecular weight excluding hydrogens is 248 g/mol. The van der Waals surface area contributed by atoms with Crippen molar-refractivity contribution in [1.82, 2.24) is 19.7 Å². The van der Waals surface area contributed by atoms with E-state index >= 15 is 0 Å². The van der Waals surface area contributed by atoms with Gasteiger partial charge in [-0.1, -0.05) is 13.8 Å². The third-order valence-corrected chi connectivity index (χ3v) is 3.40. The van der Waals surface area contributed by atoms with Crippen molar-refractivity contribution in [2.75, 3.05) is 6.54 Å². The molecule has 0 unspecified atom stereocenters. The number of hydrogen-bond acceptors (Lipinski definition) is 2. The lowest BCUT2D eigenvalue weighted by atomic mass is 10.2. The van der Waals surface area contributed by atoms with Gasteiger partial charge in [-0.25, -0.2) is 0 Å². The second kappa shape index (κ2) is 6.75. The van der Waals surface area contributed by atoms with Crippen molar-refractivity contribution in [3.8, 4) is 0 Å². The van der Waals surface area contributed by atoms with Gasteiger partial charge in [-0.05, 0) is 44.5 Å². The molecule has 2 rings (SSSR count). The lowest BCUT2D eigenvalue weighted by molar-refractivity contribution is 0.533. The highest BCUT2D eigenvalue weighted by Gasteiger charge is 2.07. The normalized spacial score (nSPS) is 11.4. The zero-order chi connectivity index (χ0) is 14.5. The standard InChI is InChI=1S/C16H26N4/c1-5-20-16(9-14(4)18-20)12-19-8-6-7-15(19)11-17-10-13(2)3/h6-9,13,17H,5,10-12H2,1-4H3. The van der Waals surface area contributed by atoms with Crippen LogP contribution in [0.1, 0.15) is 37.9 Å². The SMILES string of the molecule is CCn1nc(C)cc1Cn1cccc1CNCC(C)C. The first-order valence-electron chi connectivity index (χ1n) is 7.48. The van der Waals surface area contributed by atoms with Crippen LogP contribution in [0.25, 0.3) is 0 Å². The molecule has 0 saturated carbocycles. The van der Waals surface area contributed by atoms with Crippen LogP contribution in [0, 0.1) is 12.8 Å². The van der Waals surface area contributed by atoms with E-state index in [1.165, 1.54) is 11.4 Å². The van der Waals surface area contributed by atoms with Gasteiger partial charge < -0.3 is 9.88 Å². The number of aromatic nitrogens is 3.